The molecular weight excluding hydrogens is 312 g/mol. The fourth-order valence-electron chi connectivity index (χ4n) is 2.16. The minimum Gasteiger partial charge on any atom is -0.352 e. The third kappa shape index (κ3) is 4.10. The van der Waals surface area contributed by atoms with Crippen LogP contribution in [0.3, 0.4) is 0 Å². The van der Waals surface area contributed by atoms with Gasteiger partial charge >= 0.3 is 0 Å². The van der Waals surface area contributed by atoms with Crippen LogP contribution in [-0.2, 0) is 10.0 Å². The van der Waals surface area contributed by atoms with Gasteiger partial charge in [-0.3, -0.25) is 9.52 Å². The van der Waals surface area contributed by atoms with Crippen molar-refractivity contribution < 1.29 is 13.2 Å². The van der Waals surface area contributed by atoms with Gasteiger partial charge in [-0.15, -0.1) is 0 Å². The average Bonchev–Trinajstić information content (AvgIpc) is 3.38. The Balaban J connectivity index is 1.66. The molecule has 0 bridgehead atoms. The number of carbonyl (C=O) groups is 1. The minimum atomic E-state index is -3.61. The Bertz CT molecular complexity index is 782. The lowest BCUT2D eigenvalue weighted by atomic mass is 10.2. The zero-order valence-electron chi connectivity index (χ0n) is 12.5. The van der Waals surface area contributed by atoms with Gasteiger partial charge in [-0.25, -0.2) is 8.42 Å². The molecule has 0 spiro atoms. The Morgan fingerprint density at radius 3 is 2.26 bits per heavy atom. The molecule has 1 amide bonds. The van der Waals surface area contributed by atoms with E-state index in [2.05, 4.69) is 10.0 Å². The summed E-state index contributed by atoms with van der Waals surface area (Å²) in [4.78, 5) is 12.1. The molecule has 0 heterocycles. The van der Waals surface area contributed by atoms with Crippen LogP contribution >= 0.6 is 0 Å². The van der Waals surface area contributed by atoms with Crippen molar-refractivity contribution in [2.24, 2.45) is 5.92 Å². The van der Waals surface area contributed by atoms with Crippen LogP contribution in [-0.4, -0.2) is 20.9 Å². The Morgan fingerprint density at radius 2 is 1.65 bits per heavy atom. The number of carbonyl (C=O) groups excluding carboxylic acids is 1. The first kappa shape index (κ1) is 15.6. The van der Waals surface area contributed by atoms with Crippen molar-refractivity contribution >= 4 is 21.6 Å². The molecule has 2 N–H and O–H groups in total. The highest BCUT2D eigenvalue weighted by molar-refractivity contribution is 7.92. The number of sulfonamides is 1. The van der Waals surface area contributed by atoms with Crippen molar-refractivity contribution in [2.75, 3.05) is 11.3 Å². The van der Waals surface area contributed by atoms with Gasteiger partial charge in [0.25, 0.3) is 15.9 Å². The zero-order valence-corrected chi connectivity index (χ0v) is 13.3. The van der Waals surface area contributed by atoms with E-state index in [-0.39, 0.29) is 10.8 Å². The summed E-state index contributed by atoms with van der Waals surface area (Å²) in [5.41, 5.74) is 0.945. The standard InChI is InChI=1S/C17H18N2O3S/c20-17(18-12-13-6-7-13)14-8-10-15(11-9-14)19-23(21,22)16-4-2-1-3-5-16/h1-5,8-11,13,19H,6-7,12H2,(H,18,20). The maximum atomic E-state index is 12.2. The highest BCUT2D eigenvalue weighted by Gasteiger charge is 2.21. The van der Waals surface area contributed by atoms with Crippen LogP contribution in [0.25, 0.3) is 0 Å². The number of hydrogen-bond acceptors (Lipinski definition) is 3. The largest absolute Gasteiger partial charge is 0.352 e. The van der Waals surface area contributed by atoms with Gasteiger partial charge in [-0.05, 0) is 55.2 Å². The molecular formula is C17H18N2O3S. The number of nitrogens with one attached hydrogen (secondary N) is 2. The van der Waals surface area contributed by atoms with Crippen molar-refractivity contribution in [3.05, 3.63) is 60.2 Å². The second kappa shape index (κ2) is 6.42. The predicted molar refractivity (Wildman–Crippen MR) is 88.7 cm³/mol. The van der Waals surface area contributed by atoms with Crippen molar-refractivity contribution in [1.82, 2.24) is 5.32 Å². The Kier molecular flexibility index (Phi) is 4.34. The molecule has 6 heteroatoms. The number of anilines is 1. The maximum Gasteiger partial charge on any atom is 0.261 e. The number of rotatable bonds is 6. The number of hydrogen-bond donors (Lipinski definition) is 2. The molecule has 0 aliphatic heterocycles. The molecule has 23 heavy (non-hydrogen) atoms. The van der Waals surface area contributed by atoms with Crippen LogP contribution in [0, 0.1) is 5.92 Å². The third-order valence-corrected chi connectivity index (χ3v) is 5.10. The van der Waals surface area contributed by atoms with E-state index in [0.717, 1.165) is 0 Å². The summed E-state index contributed by atoms with van der Waals surface area (Å²) < 4.78 is 26.9. The van der Waals surface area contributed by atoms with Gasteiger partial charge in [0.05, 0.1) is 4.90 Å². The van der Waals surface area contributed by atoms with Gasteiger partial charge in [-0.1, -0.05) is 18.2 Å². The molecule has 0 saturated heterocycles. The maximum absolute atomic E-state index is 12.2. The first-order valence-electron chi connectivity index (χ1n) is 7.51. The van der Waals surface area contributed by atoms with Gasteiger partial charge in [0.2, 0.25) is 0 Å². The van der Waals surface area contributed by atoms with Crippen molar-refractivity contribution in [1.29, 1.82) is 0 Å². The molecule has 1 aliphatic rings. The van der Waals surface area contributed by atoms with Crippen molar-refractivity contribution in [2.45, 2.75) is 17.7 Å². The predicted octanol–water partition coefficient (Wildman–Crippen LogP) is 2.63. The Morgan fingerprint density at radius 1 is 1.00 bits per heavy atom. The molecule has 1 saturated carbocycles. The molecule has 0 atom stereocenters. The summed E-state index contributed by atoms with van der Waals surface area (Å²) in [6, 6.07) is 14.6. The first-order chi connectivity index (χ1) is 11.0. The van der Waals surface area contributed by atoms with Crippen LogP contribution < -0.4 is 10.0 Å². The van der Waals surface area contributed by atoms with Gasteiger partial charge in [0, 0.05) is 17.8 Å². The minimum absolute atomic E-state index is 0.130. The molecule has 2 aromatic carbocycles. The van der Waals surface area contributed by atoms with E-state index in [1.165, 1.54) is 25.0 Å². The highest BCUT2D eigenvalue weighted by Crippen LogP contribution is 2.27. The molecule has 0 unspecified atom stereocenters. The van der Waals surface area contributed by atoms with E-state index >= 15 is 0 Å². The van der Waals surface area contributed by atoms with Crippen molar-refractivity contribution in [3.63, 3.8) is 0 Å². The molecule has 1 fully saturated rings. The summed E-state index contributed by atoms with van der Waals surface area (Å²) in [7, 11) is -3.61. The van der Waals surface area contributed by atoms with Crippen LogP contribution in [0.5, 0.6) is 0 Å². The van der Waals surface area contributed by atoms with Crippen LogP contribution in [0.1, 0.15) is 23.2 Å². The molecule has 0 radical (unpaired) electrons. The van der Waals surface area contributed by atoms with E-state index in [9.17, 15) is 13.2 Å². The fraction of sp³-hybridized carbons (Fsp3) is 0.235. The van der Waals surface area contributed by atoms with Gasteiger partial charge in [-0.2, -0.15) is 0 Å². The van der Waals surface area contributed by atoms with E-state index < -0.39 is 10.0 Å². The normalized spacial score (nSPS) is 14.3. The topological polar surface area (TPSA) is 75.3 Å². The number of benzene rings is 2. The summed E-state index contributed by atoms with van der Waals surface area (Å²) in [6.07, 6.45) is 2.36. The van der Waals surface area contributed by atoms with E-state index in [4.69, 9.17) is 0 Å². The number of amides is 1. The second-order valence-electron chi connectivity index (χ2n) is 5.65. The molecule has 2 aromatic rings. The van der Waals surface area contributed by atoms with Gasteiger partial charge in [0.1, 0.15) is 0 Å². The monoisotopic (exact) mass is 330 g/mol. The lowest BCUT2D eigenvalue weighted by molar-refractivity contribution is 0.0952. The third-order valence-electron chi connectivity index (χ3n) is 3.70. The molecule has 1 aliphatic carbocycles. The van der Waals surface area contributed by atoms with Crippen LogP contribution in [0.2, 0.25) is 0 Å². The quantitative estimate of drug-likeness (QED) is 0.855. The second-order valence-corrected chi connectivity index (χ2v) is 7.33. The fourth-order valence-corrected chi connectivity index (χ4v) is 3.24. The Hall–Kier alpha value is -2.34. The molecule has 0 aromatic heterocycles. The van der Waals surface area contributed by atoms with Crippen molar-refractivity contribution in [3.8, 4) is 0 Å². The summed E-state index contributed by atoms with van der Waals surface area (Å²) in [6.45, 7) is 0.710. The van der Waals surface area contributed by atoms with E-state index in [1.807, 2.05) is 0 Å². The summed E-state index contributed by atoms with van der Waals surface area (Å²) >= 11 is 0. The SMILES string of the molecule is O=C(NCC1CC1)c1ccc(NS(=O)(=O)c2ccccc2)cc1. The smallest absolute Gasteiger partial charge is 0.261 e. The molecule has 120 valence electrons. The van der Waals surface area contributed by atoms with Gasteiger partial charge in [0.15, 0.2) is 0 Å². The van der Waals surface area contributed by atoms with Crippen LogP contribution in [0.4, 0.5) is 5.69 Å². The summed E-state index contributed by atoms with van der Waals surface area (Å²) in [5, 5.41) is 2.88. The lowest BCUT2D eigenvalue weighted by Crippen LogP contribution is -2.25. The van der Waals surface area contributed by atoms with E-state index in [0.29, 0.717) is 23.7 Å². The molecule has 5 nitrogen and oxygen atoms in total. The van der Waals surface area contributed by atoms with Crippen LogP contribution in [0.15, 0.2) is 59.5 Å². The first-order valence-corrected chi connectivity index (χ1v) is 8.99. The lowest BCUT2D eigenvalue weighted by Gasteiger charge is -2.09. The zero-order chi connectivity index (χ0) is 16.3. The highest BCUT2D eigenvalue weighted by atomic mass is 32.2. The molecule has 3 rings (SSSR count). The Labute approximate surface area is 135 Å². The van der Waals surface area contributed by atoms with E-state index in [1.54, 1.807) is 42.5 Å². The summed E-state index contributed by atoms with van der Waals surface area (Å²) in [5.74, 6) is 0.491. The average molecular weight is 330 g/mol. The van der Waals surface area contributed by atoms with Gasteiger partial charge < -0.3 is 5.32 Å².